The fourth-order valence-corrected chi connectivity index (χ4v) is 3.76. The summed E-state index contributed by atoms with van der Waals surface area (Å²) >= 11 is 0. The van der Waals surface area contributed by atoms with Crippen LogP contribution in [0.5, 0.6) is 0 Å². The van der Waals surface area contributed by atoms with Crippen LogP contribution in [-0.4, -0.2) is 30.1 Å². The molecule has 24 heavy (non-hydrogen) atoms. The summed E-state index contributed by atoms with van der Waals surface area (Å²) in [4.78, 5) is 23.5. The number of amides is 2. The van der Waals surface area contributed by atoms with E-state index in [1.165, 1.54) is 18.4 Å². The van der Waals surface area contributed by atoms with Crippen LogP contribution in [0.4, 0.5) is 0 Å². The van der Waals surface area contributed by atoms with E-state index in [9.17, 15) is 9.59 Å². The van der Waals surface area contributed by atoms with Gasteiger partial charge in [0.05, 0.1) is 5.92 Å². The maximum Gasteiger partial charge on any atom is 0.235 e. The third-order valence-corrected chi connectivity index (χ3v) is 5.11. The molecule has 0 radical (unpaired) electrons. The van der Waals surface area contributed by atoms with Gasteiger partial charge in [0.1, 0.15) is 5.69 Å². The Morgan fingerprint density at radius 1 is 1.17 bits per heavy atom. The average molecular weight is 327 g/mol. The number of hydrogen-bond donors (Lipinski definition) is 2. The molecular formula is C18H21N3O3. The highest BCUT2D eigenvalue weighted by Crippen LogP contribution is 2.31. The van der Waals surface area contributed by atoms with Crippen molar-refractivity contribution in [3.63, 3.8) is 0 Å². The zero-order chi connectivity index (χ0) is 16.5. The lowest BCUT2D eigenvalue weighted by molar-refractivity contribution is -0.134. The molecule has 1 atom stereocenters. The Hall–Kier alpha value is -2.21. The molecule has 2 amide bonds. The monoisotopic (exact) mass is 327 g/mol. The topological polar surface area (TPSA) is 84.2 Å². The lowest BCUT2D eigenvalue weighted by atomic mass is 9.89. The van der Waals surface area contributed by atoms with Crippen LogP contribution in [0.3, 0.4) is 0 Å². The summed E-state index contributed by atoms with van der Waals surface area (Å²) < 4.78 is 5.40. The summed E-state index contributed by atoms with van der Waals surface area (Å²) in [5.74, 6) is -0.193. The van der Waals surface area contributed by atoms with Gasteiger partial charge < -0.3 is 9.84 Å². The number of carbonyl (C=O) groups excluding carboxylic acids is 2. The van der Waals surface area contributed by atoms with Crippen molar-refractivity contribution in [2.45, 2.75) is 38.0 Å². The molecule has 0 aliphatic carbocycles. The van der Waals surface area contributed by atoms with Crippen LogP contribution in [-0.2, 0) is 16.0 Å². The number of benzene rings is 1. The van der Waals surface area contributed by atoms with E-state index in [4.69, 9.17) is 4.52 Å². The highest BCUT2D eigenvalue weighted by Gasteiger charge is 2.31. The van der Waals surface area contributed by atoms with Gasteiger partial charge in [0, 0.05) is 11.8 Å². The quantitative estimate of drug-likeness (QED) is 0.841. The highest BCUT2D eigenvalue weighted by molar-refractivity contribution is 6.02. The van der Waals surface area contributed by atoms with Crippen LogP contribution in [0, 0.1) is 5.92 Å². The van der Waals surface area contributed by atoms with Gasteiger partial charge in [-0.05, 0) is 62.4 Å². The maximum atomic E-state index is 12.1. The Morgan fingerprint density at radius 3 is 2.79 bits per heavy atom. The Bertz CT molecular complexity index is 777. The SMILES string of the molecule is O=C1CCC(c2noc3ccc(CC4CCNCC4)cc23)C(=O)N1. The van der Waals surface area contributed by atoms with Gasteiger partial charge >= 0.3 is 0 Å². The second-order valence-electron chi connectivity index (χ2n) is 6.80. The largest absolute Gasteiger partial charge is 0.356 e. The number of nitrogens with one attached hydrogen (secondary N) is 2. The van der Waals surface area contributed by atoms with Crippen molar-refractivity contribution in [2.24, 2.45) is 5.92 Å². The molecule has 2 aliphatic rings. The van der Waals surface area contributed by atoms with Crippen LogP contribution in [0.1, 0.15) is 42.9 Å². The van der Waals surface area contributed by atoms with E-state index < -0.39 is 5.92 Å². The van der Waals surface area contributed by atoms with Crippen molar-refractivity contribution in [1.29, 1.82) is 0 Å². The predicted molar refractivity (Wildman–Crippen MR) is 88.4 cm³/mol. The molecule has 2 aliphatic heterocycles. The molecule has 2 fully saturated rings. The Balaban J connectivity index is 1.61. The van der Waals surface area contributed by atoms with Crippen molar-refractivity contribution < 1.29 is 14.1 Å². The third kappa shape index (κ3) is 2.94. The van der Waals surface area contributed by atoms with Crippen molar-refractivity contribution in [2.75, 3.05) is 13.1 Å². The number of carbonyl (C=O) groups is 2. The maximum absolute atomic E-state index is 12.1. The molecule has 126 valence electrons. The summed E-state index contributed by atoms with van der Waals surface area (Å²) in [6, 6.07) is 6.13. The first-order valence-electron chi connectivity index (χ1n) is 8.63. The van der Waals surface area contributed by atoms with Crippen LogP contribution in [0.25, 0.3) is 11.0 Å². The summed E-state index contributed by atoms with van der Waals surface area (Å²) in [5.41, 5.74) is 2.61. The van der Waals surface area contributed by atoms with Gasteiger partial charge in [0.15, 0.2) is 5.58 Å². The standard InChI is InChI=1S/C18H21N3O3/c22-16-4-2-13(18(23)20-16)17-14-10-12(1-3-15(14)24-21-17)9-11-5-7-19-8-6-11/h1,3,10-11,13,19H,2,4-9H2,(H,20,22,23). The Morgan fingerprint density at radius 2 is 2.00 bits per heavy atom. The second kappa shape index (κ2) is 6.36. The first kappa shape index (κ1) is 15.3. The first-order valence-corrected chi connectivity index (χ1v) is 8.63. The zero-order valence-corrected chi connectivity index (χ0v) is 13.5. The van der Waals surface area contributed by atoms with Gasteiger partial charge in [0.2, 0.25) is 11.8 Å². The molecule has 2 N–H and O–H groups in total. The number of imide groups is 1. The number of nitrogens with zero attached hydrogens (tertiary/aromatic N) is 1. The van der Waals surface area contributed by atoms with E-state index in [0.717, 1.165) is 24.9 Å². The second-order valence-corrected chi connectivity index (χ2v) is 6.80. The van der Waals surface area contributed by atoms with Crippen LogP contribution >= 0.6 is 0 Å². The van der Waals surface area contributed by atoms with Gasteiger partial charge in [-0.15, -0.1) is 0 Å². The van der Waals surface area contributed by atoms with Crippen molar-refractivity contribution in [1.82, 2.24) is 15.8 Å². The lowest BCUT2D eigenvalue weighted by Crippen LogP contribution is -2.39. The van der Waals surface area contributed by atoms with E-state index in [1.54, 1.807) is 0 Å². The summed E-state index contributed by atoms with van der Waals surface area (Å²) in [6.07, 6.45) is 4.27. The predicted octanol–water partition coefficient (Wildman–Crippen LogP) is 1.89. The smallest absolute Gasteiger partial charge is 0.235 e. The molecule has 6 heteroatoms. The van der Waals surface area contributed by atoms with E-state index in [-0.39, 0.29) is 11.8 Å². The molecule has 3 heterocycles. The van der Waals surface area contributed by atoms with E-state index in [2.05, 4.69) is 27.9 Å². The van der Waals surface area contributed by atoms with Crippen LogP contribution in [0.2, 0.25) is 0 Å². The summed E-state index contributed by atoms with van der Waals surface area (Å²) in [5, 5.41) is 10.8. The molecule has 0 spiro atoms. The number of aromatic nitrogens is 1. The van der Waals surface area contributed by atoms with Gasteiger partial charge in [-0.1, -0.05) is 11.2 Å². The summed E-state index contributed by atoms with van der Waals surface area (Å²) in [7, 11) is 0. The molecule has 2 saturated heterocycles. The van der Waals surface area contributed by atoms with Crippen LogP contribution in [0.15, 0.2) is 22.7 Å². The fraction of sp³-hybridized carbons (Fsp3) is 0.500. The fourth-order valence-electron chi connectivity index (χ4n) is 3.76. The average Bonchev–Trinajstić information content (AvgIpc) is 2.99. The third-order valence-electron chi connectivity index (χ3n) is 5.11. The van der Waals surface area contributed by atoms with Gasteiger partial charge in [-0.3, -0.25) is 14.9 Å². The molecule has 0 saturated carbocycles. The minimum Gasteiger partial charge on any atom is -0.356 e. The van der Waals surface area contributed by atoms with E-state index in [1.807, 2.05) is 6.07 Å². The highest BCUT2D eigenvalue weighted by atomic mass is 16.5. The molecule has 6 nitrogen and oxygen atoms in total. The molecule has 1 unspecified atom stereocenters. The number of rotatable bonds is 3. The zero-order valence-electron chi connectivity index (χ0n) is 13.5. The van der Waals surface area contributed by atoms with Gasteiger partial charge in [-0.2, -0.15) is 0 Å². The molecule has 0 bridgehead atoms. The number of hydrogen-bond acceptors (Lipinski definition) is 5. The normalized spacial score (nSPS) is 22.8. The molecular weight excluding hydrogens is 306 g/mol. The Labute approximate surface area is 140 Å². The molecule has 1 aromatic heterocycles. The number of fused-ring (bicyclic) bond motifs is 1. The molecule has 1 aromatic carbocycles. The molecule has 2 aromatic rings. The van der Waals surface area contributed by atoms with Crippen molar-refractivity contribution in [3.8, 4) is 0 Å². The van der Waals surface area contributed by atoms with Crippen molar-refractivity contribution in [3.05, 3.63) is 29.5 Å². The number of piperidine rings is 2. The van der Waals surface area contributed by atoms with Crippen molar-refractivity contribution >= 4 is 22.8 Å². The minimum atomic E-state index is -0.405. The molecule has 4 rings (SSSR count). The first-order chi connectivity index (χ1) is 11.7. The minimum absolute atomic E-state index is 0.212. The Kier molecular flexibility index (Phi) is 4.06. The van der Waals surface area contributed by atoms with E-state index >= 15 is 0 Å². The lowest BCUT2D eigenvalue weighted by Gasteiger charge is -2.22. The van der Waals surface area contributed by atoms with Crippen LogP contribution < -0.4 is 10.6 Å². The van der Waals surface area contributed by atoms with Gasteiger partial charge in [-0.25, -0.2) is 0 Å². The van der Waals surface area contributed by atoms with Gasteiger partial charge in [0.25, 0.3) is 0 Å². The van der Waals surface area contributed by atoms with E-state index in [0.29, 0.717) is 30.0 Å². The summed E-state index contributed by atoms with van der Waals surface area (Å²) in [6.45, 7) is 2.17.